The molecule has 0 saturated carbocycles. The van der Waals surface area contributed by atoms with Gasteiger partial charge in [-0.3, -0.25) is 0 Å². The van der Waals surface area contributed by atoms with Crippen LogP contribution >= 0.6 is 11.6 Å². The average molecular weight is 535 g/mol. The number of hydrogen-bond donors (Lipinski definition) is 0. The fourth-order valence-corrected chi connectivity index (χ4v) is 5.48. The van der Waals surface area contributed by atoms with Gasteiger partial charge in [0.1, 0.15) is 0 Å². The van der Waals surface area contributed by atoms with Crippen LogP contribution in [0.15, 0.2) is 120 Å². The van der Waals surface area contributed by atoms with E-state index in [2.05, 4.69) is 65.6 Å². The molecule has 0 amide bonds. The zero-order valence-corrected chi connectivity index (χ0v) is 21.8. The molecular formula is C34H19ClN4O. The monoisotopic (exact) mass is 534 g/mol. The lowest BCUT2D eigenvalue weighted by atomic mass is 10.0. The Kier molecular flexibility index (Phi) is 5.12. The summed E-state index contributed by atoms with van der Waals surface area (Å²) >= 11 is 6.58. The Morgan fingerprint density at radius 3 is 1.80 bits per heavy atom. The highest BCUT2D eigenvalue weighted by Gasteiger charge is 2.20. The zero-order chi connectivity index (χ0) is 26.6. The van der Waals surface area contributed by atoms with Crippen molar-refractivity contribution in [1.82, 2.24) is 19.9 Å². The van der Waals surface area contributed by atoms with Gasteiger partial charge in [-0.05, 0) is 57.9 Å². The predicted octanol–water partition coefficient (Wildman–Crippen LogP) is 9.13. The van der Waals surface area contributed by atoms with Crippen molar-refractivity contribution >= 4 is 55.2 Å². The molecule has 5 nitrogen and oxygen atoms in total. The second-order valence-electron chi connectivity index (χ2n) is 9.69. The third-order valence-electron chi connectivity index (χ3n) is 7.24. The van der Waals surface area contributed by atoms with E-state index >= 15 is 0 Å². The molecule has 0 saturated heterocycles. The number of rotatable bonds is 3. The molecule has 3 aromatic heterocycles. The van der Waals surface area contributed by atoms with Crippen LogP contribution in [0.25, 0.3) is 77.8 Å². The minimum absolute atomic E-state index is 0.510. The Labute approximate surface area is 233 Å². The van der Waals surface area contributed by atoms with Crippen molar-refractivity contribution in [1.29, 1.82) is 0 Å². The van der Waals surface area contributed by atoms with Crippen LogP contribution in [0.2, 0.25) is 5.02 Å². The topological polar surface area (TPSA) is 64.7 Å². The van der Waals surface area contributed by atoms with Gasteiger partial charge in [-0.25, -0.2) is 19.9 Å². The van der Waals surface area contributed by atoms with Crippen LogP contribution < -0.4 is 0 Å². The number of halogens is 1. The standard InChI is InChI=1S/C34H19ClN4O/c35-28-16-15-26(29-27-10-5-17-36-34(27)40-30(28)29)33-38-31(24-13-11-20-6-1-3-8-22(20)18-24)37-32(39-33)25-14-12-21-7-2-4-9-23(21)19-25/h1-19H. The first-order valence-electron chi connectivity index (χ1n) is 12.9. The van der Waals surface area contributed by atoms with Gasteiger partial charge in [-0.2, -0.15) is 0 Å². The molecule has 0 aliphatic heterocycles. The molecule has 0 atom stereocenters. The van der Waals surface area contributed by atoms with Crippen LogP contribution in [0.3, 0.4) is 0 Å². The zero-order valence-electron chi connectivity index (χ0n) is 21.0. The number of hydrogen-bond acceptors (Lipinski definition) is 5. The van der Waals surface area contributed by atoms with Crippen LogP contribution in [0.1, 0.15) is 0 Å². The molecule has 0 radical (unpaired) electrons. The Morgan fingerprint density at radius 2 is 1.15 bits per heavy atom. The summed E-state index contributed by atoms with van der Waals surface area (Å²) in [6.07, 6.45) is 1.71. The highest BCUT2D eigenvalue weighted by atomic mass is 35.5. The van der Waals surface area contributed by atoms with Gasteiger partial charge >= 0.3 is 0 Å². The van der Waals surface area contributed by atoms with Gasteiger partial charge in [0.25, 0.3) is 0 Å². The van der Waals surface area contributed by atoms with Gasteiger partial charge in [0, 0.05) is 33.7 Å². The Hall–Kier alpha value is -5.13. The van der Waals surface area contributed by atoms with E-state index in [4.69, 9.17) is 31.0 Å². The first kappa shape index (κ1) is 22.8. The van der Waals surface area contributed by atoms with Crippen molar-refractivity contribution in [3.63, 3.8) is 0 Å². The molecule has 3 heterocycles. The molecule has 0 fully saturated rings. The van der Waals surface area contributed by atoms with E-state index < -0.39 is 0 Å². The van der Waals surface area contributed by atoms with Gasteiger partial charge in [0.2, 0.25) is 5.71 Å². The minimum Gasteiger partial charge on any atom is -0.436 e. The Bertz CT molecular complexity index is 2160. The van der Waals surface area contributed by atoms with Crippen molar-refractivity contribution in [3.05, 3.63) is 120 Å². The lowest BCUT2D eigenvalue weighted by molar-refractivity contribution is 0.654. The van der Waals surface area contributed by atoms with E-state index in [1.54, 1.807) is 6.20 Å². The van der Waals surface area contributed by atoms with Crippen LogP contribution in [0, 0.1) is 0 Å². The predicted molar refractivity (Wildman–Crippen MR) is 161 cm³/mol. The molecule has 5 aromatic carbocycles. The van der Waals surface area contributed by atoms with Crippen LogP contribution in [-0.4, -0.2) is 19.9 Å². The average Bonchev–Trinajstić information content (AvgIpc) is 3.41. The number of furan rings is 1. The smallest absolute Gasteiger partial charge is 0.227 e. The molecule has 6 heteroatoms. The van der Waals surface area contributed by atoms with Gasteiger partial charge in [0.15, 0.2) is 23.1 Å². The van der Waals surface area contributed by atoms with Crippen LogP contribution in [0.4, 0.5) is 0 Å². The third kappa shape index (κ3) is 3.71. The van der Waals surface area contributed by atoms with E-state index in [0.29, 0.717) is 33.8 Å². The lowest BCUT2D eigenvalue weighted by Crippen LogP contribution is -2.00. The fraction of sp³-hybridized carbons (Fsp3) is 0. The number of fused-ring (bicyclic) bond motifs is 5. The Morgan fingerprint density at radius 1 is 0.550 bits per heavy atom. The number of nitrogens with zero attached hydrogens (tertiary/aromatic N) is 4. The maximum atomic E-state index is 6.58. The summed E-state index contributed by atoms with van der Waals surface area (Å²) < 4.78 is 6.06. The largest absolute Gasteiger partial charge is 0.436 e. The first-order valence-corrected chi connectivity index (χ1v) is 13.3. The third-order valence-corrected chi connectivity index (χ3v) is 7.54. The molecule has 0 bridgehead atoms. The van der Waals surface area contributed by atoms with E-state index in [9.17, 15) is 0 Å². The number of aromatic nitrogens is 4. The summed E-state index contributed by atoms with van der Waals surface area (Å²) in [6.45, 7) is 0. The number of pyridine rings is 1. The van der Waals surface area contributed by atoms with Crippen molar-refractivity contribution in [3.8, 4) is 34.2 Å². The van der Waals surface area contributed by atoms with Crippen molar-refractivity contribution in [2.24, 2.45) is 0 Å². The molecule has 8 aromatic rings. The molecule has 8 rings (SSSR count). The van der Waals surface area contributed by atoms with E-state index in [-0.39, 0.29) is 0 Å². The summed E-state index contributed by atoms with van der Waals surface area (Å²) in [5.41, 5.74) is 3.71. The van der Waals surface area contributed by atoms with Crippen molar-refractivity contribution in [2.45, 2.75) is 0 Å². The summed E-state index contributed by atoms with van der Waals surface area (Å²) in [4.78, 5) is 19.4. The minimum atomic E-state index is 0.510. The molecule has 0 unspecified atom stereocenters. The Balaban J connectivity index is 1.41. The molecule has 40 heavy (non-hydrogen) atoms. The summed E-state index contributed by atoms with van der Waals surface area (Å²) in [5, 5.41) is 6.75. The van der Waals surface area contributed by atoms with Crippen LogP contribution in [-0.2, 0) is 0 Å². The lowest BCUT2D eigenvalue weighted by Gasteiger charge is -2.10. The highest BCUT2D eigenvalue weighted by molar-refractivity contribution is 6.36. The normalized spacial score (nSPS) is 11.6. The SMILES string of the molecule is Clc1ccc(-c2nc(-c3ccc4ccccc4c3)nc(-c3ccc4ccccc4c3)n2)c2c1oc1ncccc12. The summed E-state index contributed by atoms with van der Waals surface area (Å²) in [6, 6.07) is 36.7. The highest BCUT2D eigenvalue weighted by Crippen LogP contribution is 2.39. The maximum Gasteiger partial charge on any atom is 0.227 e. The summed E-state index contributed by atoms with van der Waals surface area (Å²) in [7, 11) is 0. The molecular weight excluding hydrogens is 516 g/mol. The van der Waals surface area contributed by atoms with Crippen LogP contribution in [0.5, 0.6) is 0 Å². The molecule has 188 valence electrons. The maximum absolute atomic E-state index is 6.58. The second kappa shape index (κ2) is 8.97. The molecule has 0 aliphatic rings. The van der Waals surface area contributed by atoms with Crippen molar-refractivity contribution in [2.75, 3.05) is 0 Å². The first-order chi connectivity index (χ1) is 19.7. The quantitative estimate of drug-likeness (QED) is 0.226. The van der Waals surface area contributed by atoms with E-state index in [0.717, 1.165) is 49.0 Å². The molecule has 0 N–H and O–H groups in total. The number of benzene rings is 5. The van der Waals surface area contributed by atoms with Crippen molar-refractivity contribution < 1.29 is 4.42 Å². The van der Waals surface area contributed by atoms with Gasteiger partial charge in [-0.15, -0.1) is 0 Å². The van der Waals surface area contributed by atoms with Gasteiger partial charge in [0.05, 0.1) is 5.02 Å². The molecule has 0 spiro atoms. The summed E-state index contributed by atoms with van der Waals surface area (Å²) in [5.74, 6) is 1.72. The second-order valence-corrected chi connectivity index (χ2v) is 10.1. The van der Waals surface area contributed by atoms with E-state index in [1.807, 2.05) is 48.5 Å². The van der Waals surface area contributed by atoms with Gasteiger partial charge in [-0.1, -0.05) is 84.4 Å². The van der Waals surface area contributed by atoms with Gasteiger partial charge < -0.3 is 4.42 Å². The fourth-order valence-electron chi connectivity index (χ4n) is 5.28. The van der Waals surface area contributed by atoms with E-state index in [1.165, 1.54) is 0 Å². The molecule has 0 aliphatic carbocycles.